The van der Waals surface area contributed by atoms with E-state index in [-0.39, 0.29) is 12.2 Å². The molecule has 3 amide bonds. The largest absolute Gasteiger partial charge is 0.464 e. The van der Waals surface area contributed by atoms with Crippen LogP contribution in [0, 0.1) is 0 Å². The highest BCUT2D eigenvalue weighted by Gasteiger charge is 2.57. The summed E-state index contributed by atoms with van der Waals surface area (Å²) < 4.78 is 15.6. The van der Waals surface area contributed by atoms with Gasteiger partial charge >= 0.3 is 18.2 Å². The third-order valence-electron chi connectivity index (χ3n) is 3.63. The first-order valence-electron chi connectivity index (χ1n) is 9.70. The maximum Gasteiger partial charge on any atom is 0.431 e. The number of nitrogens with zero attached hydrogens (tertiary/aromatic N) is 1. The van der Waals surface area contributed by atoms with Gasteiger partial charge < -0.3 is 19.9 Å². The van der Waals surface area contributed by atoms with E-state index in [2.05, 4.69) is 5.43 Å². The molecule has 0 aromatic heterocycles. The molecule has 0 radical (unpaired) electrons. The molecule has 3 N–H and O–H groups in total. The zero-order valence-corrected chi connectivity index (χ0v) is 19.0. The molecule has 0 fully saturated rings. The van der Waals surface area contributed by atoms with Gasteiger partial charge in [0, 0.05) is 5.56 Å². The second kappa shape index (κ2) is 9.67. The SMILES string of the molecule is CCOC(=O)[C@@](C(N)=O)(c1ccccc1)N(NC(=O)OC(C)(C)C)C(=O)OC(C)(C)C. The molecule has 10 heteroatoms. The molecule has 172 valence electrons. The topological polar surface area (TPSA) is 137 Å². The van der Waals surface area contributed by atoms with Crippen LogP contribution < -0.4 is 11.2 Å². The van der Waals surface area contributed by atoms with Crippen molar-refractivity contribution in [3.8, 4) is 0 Å². The Morgan fingerprint density at radius 3 is 1.87 bits per heavy atom. The van der Waals surface area contributed by atoms with Crippen LogP contribution in [0.25, 0.3) is 0 Å². The van der Waals surface area contributed by atoms with Crippen molar-refractivity contribution >= 4 is 24.1 Å². The number of carbonyl (C=O) groups excluding carboxylic acids is 4. The van der Waals surface area contributed by atoms with Crippen LogP contribution in [0.2, 0.25) is 0 Å². The van der Waals surface area contributed by atoms with Gasteiger partial charge in [-0.1, -0.05) is 30.3 Å². The second-order valence-corrected chi connectivity index (χ2v) is 8.59. The molecular formula is C21H31N3O7. The molecule has 0 heterocycles. The summed E-state index contributed by atoms with van der Waals surface area (Å²) in [5, 5.41) is 0.419. The van der Waals surface area contributed by atoms with Crippen LogP contribution in [-0.2, 0) is 29.3 Å². The predicted octanol–water partition coefficient (Wildman–Crippen LogP) is 2.61. The molecule has 0 saturated heterocycles. The van der Waals surface area contributed by atoms with Crippen molar-refractivity contribution < 1.29 is 33.4 Å². The lowest BCUT2D eigenvalue weighted by Gasteiger charge is -2.39. The van der Waals surface area contributed by atoms with Gasteiger partial charge in [0.1, 0.15) is 11.2 Å². The van der Waals surface area contributed by atoms with Crippen LogP contribution in [0.1, 0.15) is 54.0 Å². The van der Waals surface area contributed by atoms with E-state index in [1.807, 2.05) is 0 Å². The van der Waals surface area contributed by atoms with Crippen molar-refractivity contribution in [3.63, 3.8) is 0 Å². The normalized spacial score (nSPS) is 13.4. The van der Waals surface area contributed by atoms with E-state index < -0.39 is 40.8 Å². The van der Waals surface area contributed by atoms with E-state index in [4.69, 9.17) is 19.9 Å². The molecule has 0 aliphatic carbocycles. The third-order valence-corrected chi connectivity index (χ3v) is 3.63. The Labute approximate surface area is 182 Å². The Hall–Kier alpha value is -3.30. The van der Waals surface area contributed by atoms with E-state index >= 15 is 0 Å². The van der Waals surface area contributed by atoms with Crippen molar-refractivity contribution in [2.24, 2.45) is 5.73 Å². The number of benzene rings is 1. The van der Waals surface area contributed by atoms with Crippen molar-refractivity contribution in [3.05, 3.63) is 35.9 Å². The van der Waals surface area contributed by atoms with Crippen LogP contribution in [0.15, 0.2) is 30.3 Å². The maximum absolute atomic E-state index is 13.1. The standard InChI is InChI=1S/C21H31N3O7/c1-8-29-16(26)21(15(22)25,14-12-10-9-11-13-14)24(18(28)31-20(5,6)7)23-17(27)30-19(2,3)4/h9-13H,8H2,1-7H3,(H2,22,25)(H,23,27)/t21-/m0/s1. The highest BCUT2D eigenvalue weighted by molar-refractivity contribution is 6.09. The van der Waals surface area contributed by atoms with Crippen molar-refractivity contribution in [1.29, 1.82) is 0 Å². The van der Waals surface area contributed by atoms with Crippen LogP contribution >= 0.6 is 0 Å². The number of primary amides is 1. The molecule has 1 atom stereocenters. The zero-order valence-electron chi connectivity index (χ0n) is 19.0. The summed E-state index contributed by atoms with van der Waals surface area (Å²) in [5.74, 6) is -2.44. The van der Waals surface area contributed by atoms with E-state index in [1.165, 1.54) is 31.2 Å². The smallest absolute Gasteiger partial charge is 0.431 e. The maximum atomic E-state index is 13.1. The van der Waals surface area contributed by atoms with Gasteiger partial charge in [0.15, 0.2) is 0 Å². The molecule has 1 rings (SSSR count). The van der Waals surface area contributed by atoms with Crippen LogP contribution in [-0.4, -0.2) is 46.9 Å². The summed E-state index contributed by atoms with van der Waals surface area (Å²) in [6, 6.07) is 7.51. The van der Waals surface area contributed by atoms with Crippen LogP contribution in [0.3, 0.4) is 0 Å². The van der Waals surface area contributed by atoms with Gasteiger partial charge in [-0.2, -0.15) is 5.01 Å². The molecule has 0 saturated carbocycles. The number of carbonyl (C=O) groups is 4. The highest BCUT2D eigenvalue weighted by Crippen LogP contribution is 2.31. The van der Waals surface area contributed by atoms with Gasteiger partial charge in [-0.05, 0) is 48.5 Å². The lowest BCUT2D eigenvalue weighted by Crippen LogP contribution is -2.68. The first kappa shape index (κ1) is 25.7. The number of ether oxygens (including phenoxy) is 3. The monoisotopic (exact) mass is 437 g/mol. The van der Waals surface area contributed by atoms with E-state index in [1.54, 1.807) is 47.6 Å². The number of nitrogens with two attached hydrogens (primary N) is 1. The lowest BCUT2D eigenvalue weighted by atomic mass is 9.88. The number of amides is 3. The number of esters is 1. The molecule has 1 aromatic rings. The fraction of sp³-hybridized carbons (Fsp3) is 0.524. The van der Waals surface area contributed by atoms with Crippen molar-refractivity contribution in [1.82, 2.24) is 10.4 Å². The predicted molar refractivity (Wildman–Crippen MR) is 111 cm³/mol. The minimum atomic E-state index is -2.56. The zero-order chi connectivity index (χ0) is 24.0. The Morgan fingerprint density at radius 2 is 1.45 bits per heavy atom. The summed E-state index contributed by atoms with van der Waals surface area (Å²) >= 11 is 0. The fourth-order valence-corrected chi connectivity index (χ4v) is 2.57. The van der Waals surface area contributed by atoms with Gasteiger partial charge in [-0.25, -0.2) is 19.8 Å². The average molecular weight is 437 g/mol. The third kappa shape index (κ3) is 6.59. The number of hydrogen-bond donors (Lipinski definition) is 2. The van der Waals surface area contributed by atoms with Crippen molar-refractivity contribution in [2.75, 3.05) is 6.61 Å². The first-order valence-corrected chi connectivity index (χ1v) is 9.70. The Kier molecular flexibility index (Phi) is 8.03. The number of nitrogens with one attached hydrogen (secondary N) is 1. The van der Waals surface area contributed by atoms with Gasteiger partial charge in [0.05, 0.1) is 6.61 Å². The quantitative estimate of drug-likeness (QED) is 0.312. The molecule has 0 spiro atoms. The Balaban J connectivity index is 3.73. The van der Waals surface area contributed by atoms with E-state index in [9.17, 15) is 19.2 Å². The van der Waals surface area contributed by atoms with E-state index in [0.29, 0.717) is 5.01 Å². The summed E-state index contributed by atoms with van der Waals surface area (Å²) in [5.41, 5.74) is 3.28. The molecule has 1 aromatic carbocycles. The molecule has 31 heavy (non-hydrogen) atoms. The van der Waals surface area contributed by atoms with Crippen LogP contribution in [0.5, 0.6) is 0 Å². The number of hydrazine groups is 1. The molecule has 0 aliphatic rings. The first-order chi connectivity index (χ1) is 14.1. The summed E-state index contributed by atoms with van der Waals surface area (Å²) in [4.78, 5) is 51.6. The summed E-state index contributed by atoms with van der Waals surface area (Å²) in [6.07, 6.45) is -2.32. The molecule has 10 nitrogen and oxygen atoms in total. The highest BCUT2D eigenvalue weighted by atomic mass is 16.6. The Bertz CT molecular complexity index is 813. The van der Waals surface area contributed by atoms with Gasteiger partial charge in [-0.3, -0.25) is 4.79 Å². The number of hydrogen-bond acceptors (Lipinski definition) is 7. The van der Waals surface area contributed by atoms with Gasteiger partial charge in [-0.15, -0.1) is 0 Å². The minimum Gasteiger partial charge on any atom is -0.464 e. The van der Waals surface area contributed by atoms with Gasteiger partial charge in [0.25, 0.3) is 11.4 Å². The average Bonchev–Trinajstić information content (AvgIpc) is 2.59. The summed E-state index contributed by atoms with van der Waals surface area (Å²) in [7, 11) is 0. The second-order valence-electron chi connectivity index (χ2n) is 8.59. The Morgan fingerprint density at radius 1 is 0.935 bits per heavy atom. The molecule has 0 bridgehead atoms. The van der Waals surface area contributed by atoms with Crippen molar-refractivity contribution in [2.45, 2.75) is 65.2 Å². The lowest BCUT2D eigenvalue weighted by molar-refractivity contribution is -0.165. The fourth-order valence-electron chi connectivity index (χ4n) is 2.57. The molecular weight excluding hydrogens is 406 g/mol. The van der Waals surface area contributed by atoms with E-state index in [0.717, 1.165) is 0 Å². The molecule has 0 unspecified atom stereocenters. The van der Waals surface area contributed by atoms with Gasteiger partial charge in [0.2, 0.25) is 0 Å². The molecule has 0 aliphatic heterocycles. The minimum absolute atomic E-state index is 0.0112. The van der Waals surface area contributed by atoms with Crippen LogP contribution in [0.4, 0.5) is 9.59 Å². The number of rotatable bonds is 5. The summed E-state index contributed by atoms with van der Waals surface area (Å²) in [6.45, 7) is 11.0.